The minimum atomic E-state index is -1.10. The molecule has 124 valence electrons. The van der Waals surface area contributed by atoms with Crippen molar-refractivity contribution in [2.24, 2.45) is 0 Å². The molecule has 6 nitrogen and oxygen atoms in total. The van der Waals surface area contributed by atoms with Gasteiger partial charge in [0, 0.05) is 17.7 Å². The van der Waals surface area contributed by atoms with Crippen LogP contribution in [-0.2, 0) is 6.42 Å². The number of aryl methyl sites for hydroxylation is 2. The molecule has 0 aliphatic heterocycles. The largest absolute Gasteiger partial charge is 0.478 e. The number of ketones is 1. The standard InChI is InChI=1S/C18H18N2O4/c1-9-6-7-12(11(8-9)18(23)24)20-17(22)16-10(2)15-13(19-16)4-3-5-14(15)21/h6-8,19H,3-5H2,1-2H3,(H,20,22)(H,23,24). The molecule has 1 amide bonds. The molecule has 0 unspecified atom stereocenters. The van der Waals surface area contributed by atoms with E-state index in [0.717, 1.165) is 24.1 Å². The predicted octanol–water partition coefficient (Wildman–Crippen LogP) is 3.10. The van der Waals surface area contributed by atoms with Crippen LogP contribution in [0.2, 0.25) is 0 Å². The molecule has 1 aliphatic rings. The summed E-state index contributed by atoms with van der Waals surface area (Å²) >= 11 is 0. The van der Waals surface area contributed by atoms with Crippen molar-refractivity contribution in [2.45, 2.75) is 33.1 Å². The van der Waals surface area contributed by atoms with E-state index in [9.17, 15) is 19.5 Å². The molecule has 0 spiro atoms. The Balaban J connectivity index is 1.95. The van der Waals surface area contributed by atoms with Gasteiger partial charge < -0.3 is 15.4 Å². The fraction of sp³-hybridized carbons (Fsp3) is 0.278. The molecule has 1 aromatic carbocycles. The number of fused-ring (bicyclic) bond motifs is 1. The minimum absolute atomic E-state index is 0.0356. The zero-order chi connectivity index (χ0) is 17.4. The zero-order valence-electron chi connectivity index (χ0n) is 13.5. The minimum Gasteiger partial charge on any atom is -0.478 e. The van der Waals surface area contributed by atoms with Gasteiger partial charge in [-0.1, -0.05) is 11.6 Å². The van der Waals surface area contributed by atoms with E-state index >= 15 is 0 Å². The Hall–Kier alpha value is -2.89. The summed E-state index contributed by atoms with van der Waals surface area (Å²) < 4.78 is 0. The molecule has 1 heterocycles. The number of aromatic nitrogens is 1. The molecule has 0 saturated carbocycles. The highest BCUT2D eigenvalue weighted by Gasteiger charge is 2.26. The van der Waals surface area contributed by atoms with Crippen LogP contribution in [0.1, 0.15) is 60.9 Å². The summed E-state index contributed by atoms with van der Waals surface area (Å²) in [5, 5.41) is 11.9. The van der Waals surface area contributed by atoms with Gasteiger partial charge in [-0.15, -0.1) is 0 Å². The van der Waals surface area contributed by atoms with Gasteiger partial charge in [0.1, 0.15) is 5.69 Å². The third-order valence-electron chi connectivity index (χ3n) is 4.32. The molecule has 6 heteroatoms. The van der Waals surface area contributed by atoms with Crippen molar-refractivity contribution in [1.29, 1.82) is 0 Å². The van der Waals surface area contributed by atoms with E-state index in [0.29, 0.717) is 23.2 Å². The summed E-state index contributed by atoms with van der Waals surface area (Å²) in [6.07, 6.45) is 2.00. The molecule has 2 aromatic rings. The smallest absolute Gasteiger partial charge is 0.337 e. The second kappa shape index (κ2) is 5.96. The molecule has 0 radical (unpaired) electrons. The Morgan fingerprint density at radius 2 is 1.96 bits per heavy atom. The maximum atomic E-state index is 12.6. The van der Waals surface area contributed by atoms with Crippen LogP contribution in [0.25, 0.3) is 0 Å². The number of benzene rings is 1. The van der Waals surface area contributed by atoms with E-state index in [2.05, 4.69) is 10.3 Å². The molecule has 1 aliphatic carbocycles. The number of nitrogens with one attached hydrogen (secondary N) is 2. The van der Waals surface area contributed by atoms with Gasteiger partial charge in [0.15, 0.2) is 5.78 Å². The predicted molar refractivity (Wildman–Crippen MR) is 88.9 cm³/mol. The second-order valence-corrected chi connectivity index (χ2v) is 6.06. The van der Waals surface area contributed by atoms with Crippen LogP contribution in [0.3, 0.4) is 0 Å². The topological polar surface area (TPSA) is 99.3 Å². The van der Waals surface area contributed by atoms with E-state index in [-0.39, 0.29) is 17.0 Å². The third-order valence-corrected chi connectivity index (χ3v) is 4.32. The van der Waals surface area contributed by atoms with Crippen LogP contribution >= 0.6 is 0 Å². The summed E-state index contributed by atoms with van der Waals surface area (Å²) in [5.74, 6) is -1.50. The number of carbonyl (C=O) groups is 3. The van der Waals surface area contributed by atoms with Gasteiger partial charge in [0.25, 0.3) is 5.91 Å². The lowest BCUT2D eigenvalue weighted by atomic mass is 9.94. The Labute approximate surface area is 138 Å². The average Bonchev–Trinajstić information content (AvgIpc) is 2.87. The molecule has 0 fully saturated rings. The molecule has 0 atom stereocenters. The Morgan fingerprint density at radius 1 is 1.21 bits per heavy atom. The number of carbonyl (C=O) groups excluding carboxylic acids is 2. The highest BCUT2D eigenvalue weighted by Crippen LogP contribution is 2.27. The van der Waals surface area contributed by atoms with Gasteiger partial charge in [0.05, 0.1) is 11.3 Å². The lowest BCUT2D eigenvalue weighted by molar-refractivity contribution is 0.0697. The molecular weight excluding hydrogens is 308 g/mol. The van der Waals surface area contributed by atoms with Crippen molar-refractivity contribution in [2.75, 3.05) is 5.32 Å². The van der Waals surface area contributed by atoms with Crippen molar-refractivity contribution < 1.29 is 19.5 Å². The summed E-state index contributed by atoms with van der Waals surface area (Å²) in [5.41, 5.74) is 3.39. The van der Waals surface area contributed by atoms with Crippen LogP contribution in [0.15, 0.2) is 18.2 Å². The van der Waals surface area contributed by atoms with Crippen molar-refractivity contribution in [3.05, 3.63) is 51.8 Å². The van der Waals surface area contributed by atoms with Crippen LogP contribution in [0.4, 0.5) is 5.69 Å². The first kappa shape index (κ1) is 16.0. The lowest BCUT2D eigenvalue weighted by Gasteiger charge is -2.10. The number of H-pyrrole nitrogens is 1. The van der Waals surface area contributed by atoms with E-state index in [1.165, 1.54) is 6.07 Å². The maximum Gasteiger partial charge on any atom is 0.337 e. The number of aromatic carboxylic acids is 1. The third kappa shape index (κ3) is 2.71. The number of carboxylic acids is 1. The lowest BCUT2D eigenvalue weighted by Crippen LogP contribution is -2.16. The Morgan fingerprint density at radius 3 is 2.62 bits per heavy atom. The van der Waals surface area contributed by atoms with Crippen LogP contribution in [0, 0.1) is 13.8 Å². The normalized spacial score (nSPS) is 13.5. The second-order valence-electron chi connectivity index (χ2n) is 6.06. The van der Waals surface area contributed by atoms with Crippen LogP contribution < -0.4 is 5.32 Å². The van der Waals surface area contributed by atoms with Gasteiger partial charge in [-0.05, 0) is 44.4 Å². The fourth-order valence-electron chi connectivity index (χ4n) is 3.13. The summed E-state index contributed by atoms with van der Waals surface area (Å²) in [6, 6.07) is 4.81. The quantitative estimate of drug-likeness (QED) is 0.807. The molecule has 0 bridgehead atoms. The number of hydrogen-bond donors (Lipinski definition) is 3. The first-order chi connectivity index (χ1) is 11.4. The SMILES string of the molecule is Cc1ccc(NC(=O)c2[nH]c3c(c2C)C(=O)CCC3)c(C(=O)O)c1. The van der Waals surface area contributed by atoms with Crippen LogP contribution in [-0.4, -0.2) is 27.8 Å². The highest BCUT2D eigenvalue weighted by atomic mass is 16.4. The van der Waals surface area contributed by atoms with Gasteiger partial charge in [0.2, 0.25) is 0 Å². The van der Waals surface area contributed by atoms with Crippen molar-refractivity contribution >= 4 is 23.3 Å². The summed E-state index contributed by atoms with van der Waals surface area (Å²) in [7, 11) is 0. The first-order valence-electron chi connectivity index (χ1n) is 7.78. The molecular formula is C18H18N2O4. The fourth-order valence-corrected chi connectivity index (χ4v) is 3.13. The van der Waals surface area contributed by atoms with Crippen molar-refractivity contribution in [3.63, 3.8) is 0 Å². The Bertz CT molecular complexity index is 864. The number of hydrogen-bond acceptors (Lipinski definition) is 3. The van der Waals surface area contributed by atoms with E-state index < -0.39 is 11.9 Å². The van der Waals surface area contributed by atoms with E-state index in [1.807, 2.05) is 0 Å². The molecule has 1 aromatic heterocycles. The van der Waals surface area contributed by atoms with Crippen molar-refractivity contribution in [3.8, 4) is 0 Å². The van der Waals surface area contributed by atoms with E-state index in [4.69, 9.17) is 0 Å². The average molecular weight is 326 g/mol. The van der Waals surface area contributed by atoms with E-state index in [1.54, 1.807) is 26.0 Å². The highest BCUT2D eigenvalue weighted by molar-refractivity contribution is 6.10. The number of Topliss-reactive ketones (excluding diaryl/α,β-unsaturated/α-hetero) is 1. The number of rotatable bonds is 3. The summed E-state index contributed by atoms with van der Waals surface area (Å²) in [4.78, 5) is 39.0. The number of aromatic amines is 1. The van der Waals surface area contributed by atoms with Gasteiger partial charge in [-0.2, -0.15) is 0 Å². The van der Waals surface area contributed by atoms with Gasteiger partial charge >= 0.3 is 5.97 Å². The molecule has 24 heavy (non-hydrogen) atoms. The zero-order valence-corrected chi connectivity index (χ0v) is 13.5. The number of carboxylic acid groups (broad SMARTS) is 1. The van der Waals surface area contributed by atoms with Crippen molar-refractivity contribution in [1.82, 2.24) is 4.98 Å². The Kier molecular flexibility index (Phi) is 3.97. The first-order valence-corrected chi connectivity index (χ1v) is 7.78. The number of anilines is 1. The van der Waals surface area contributed by atoms with Gasteiger partial charge in [-0.3, -0.25) is 9.59 Å². The summed E-state index contributed by atoms with van der Waals surface area (Å²) in [6.45, 7) is 3.52. The molecule has 0 saturated heterocycles. The molecule has 3 rings (SSSR count). The van der Waals surface area contributed by atoms with Crippen LogP contribution in [0.5, 0.6) is 0 Å². The monoisotopic (exact) mass is 326 g/mol. The molecule has 3 N–H and O–H groups in total. The maximum absolute atomic E-state index is 12.6. The van der Waals surface area contributed by atoms with Gasteiger partial charge in [-0.25, -0.2) is 4.79 Å². The number of amides is 1.